The maximum Gasteiger partial charge on any atom is 0.433 e. The summed E-state index contributed by atoms with van der Waals surface area (Å²) in [5.41, 5.74) is 6.62. The first-order valence-corrected chi connectivity index (χ1v) is 12.5. The molecule has 204 valence electrons. The quantitative estimate of drug-likeness (QED) is 0.370. The van der Waals surface area contributed by atoms with Crippen molar-refractivity contribution in [3.63, 3.8) is 0 Å². The zero-order valence-electron chi connectivity index (χ0n) is 21.4. The largest absolute Gasteiger partial charge is 0.494 e. The van der Waals surface area contributed by atoms with E-state index in [9.17, 15) is 18.0 Å². The first-order valence-electron chi connectivity index (χ1n) is 12.5. The van der Waals surface area contributed by atoms with Crippen LogP contribution in [0, 0.1) is 5.92 Å². The topological polar surface area (TPSA) is 120 Å². The van der Waals surface area contributed by atoms with Crippen molar-refractivity contribution in [2.75, 3.05) is 20.2 Å². The third kappa shape index (κ3) is 5.42. The molecular weight excluding hydrogens is 513 g/mol. The molecule has 0 spiro atoms. The number of rotatable bonds is 6. The average molecular weight is 541 g/mol. The lowest BCUT2D eigenvalue weighted by molar-refractivity contribution is -0.140. The van der Waals surface area contributed by atoms with Gasteiger partial charge in [0, 0.05) is 36.4 Å². The number of hydrogen-bond acceptors (Lipinski definition) is 8. The second-order valence-corrected chi connectivity index (χ2v) is 9.61. The van der Waals surface area contributed by atoms with E-state index in [0.29, 0.717) is 30.0 Å². The number of piperidine rings is 1. The summed E-state index contributed by atoms with van der Waals surface area (Å²) in [6.07, 6.45) is 2.96. The van der Waals surface area contributed by atoms with Crippen molar-refractivity contribution in [1.29, 1.82) is 0 Å². The summed E-state index contributed by atoms with van der Waals surface area (Å²) in [6.45, 7) is 2.78. The molecule has 0 unspecified atom stereocenters. The van der Waals surface area contributed by atoms with Crippen LogP contribution in [0.15, 0.2) is 47.4 Å². The van der Waals surface area contributed by atoms with Crippen LogP contribution in [0.1, 0.15) is 53.3 Å². The lowest BCUT2D eigenvalue weighted by atomic mass is 9.91. The van der Waals surface area contributed by atoms with Gasteiger partial charge < -0.3 is 19.8 Å². The molecule has 3 aromatic heterocycles. The molecule has 0 aliphatic carbocycles. The molecule has 1 aliphatic rings. The number of ether oxygens (including phenoxy) is 1. The van der Waals surface area contributed by atoms with E-state index in [0.717, 1.165) is 30.9 Å². The number of fused-ring (bicyclic) bond motifs is 1. The van der Waals surface area contributed by atoms with Gasteiger partial charge in [-0.2, -0.15) is 13.2 Å². The van der Waals surface area contributed by atoms with Crippen molar-refractivity contribution in [1.82, 2.24) is 24.8 Å². The highest BCUT2D eigenvalue weighted by Crippen LogP contribution is 2.37. The molecule has 12 heteroatoms. The van der Waals surface area contributed by atoms with Crippen molar-refractivity contribution in [3.8, 4) is 17.2 Å². The van der Waals surface area contributed by atoms with Gasteiger partial charge in [0.1, 0.15) is 23.3 Å². The number of hydrogen-bond donors (Lipinski definition) is 1. The zero-order valence-corrected chi connectivity index (χ0v) is 21.4. The highest BCUT2D eigenvalue weighted by atomic mass is 19.4. The van der Waals surface area contributed by atoms with Gasteiger partial charge in [-0.1, -0.05) is 0 Å². The molecule has 0 radical (unpaired) electrons. The summed E-state index contributed by atoms with van der Waals surface area (Å²) >= 11 is 0. The normalized spacial score (nSPS) is 15.5. The van der Waals surface area contributed by atoms with E-state index in [1.807, 2.05) is 0 Å². The van der Waals surface area contributed by atoms with E-state index in [-0.39, 0.29) is 34.5 Å². The molecule has 1 amide bonds. The predicted octanol–water partition coefficient (Wildman–Crippen LogP) is 4.82. The summed E-state index contributed by atoms with van der Waals surface area (Å²) in [4.78, 5) is 31.7. The molecular formula is C27H27F3N6O3. The van der Waals surface area contributed by atoms with Crippen LogP contribution in [-0.4, -0.2) is 50.9 Å². The Labute approximate surface area is 222 Å². The standard InChI is InChI=1S/C27H27F3N6O3/c1-15(31)24-23(26(37)36-9-7-16(8-10-36)11-17-12-32-14-33-13-17)35-25(39-24)19-3-5-20(38-2)22-18(19)4-6-21(34-22)27(28,29)30/h3-6,12-16H,7-11,31H2,1-2H3/t15-/m0/s1. The molecule has 4 aromatic rings. The Morgan fingerprint density at radius 2 is 1.87 bits per heavy atom. The number of benzene rings is 1. The van der Waals surface area contributed by atoms with Crippen LogP contribution >= 0.6 is 0 Å². The number of aromatic nitrogens is 4. The van der Waals surface area contributed by atoms with Crippen LogP contribution in [0.25, 0.3) is 22.4 Å². The number of alkyl halides is 3. The first-order chi connectivity index (χ1) is 18.7. The second kappa shape index (κ2) is 10.6. The zero-order chi connectivity index (χ0) is 27.7. The van der Waals surface area contributed by atoms with Gasteiger partial charge in [0.05, 0.1) is 13.2 Å². The summed E-state index contributed by atoms with van der Waals surface area (Å²) in [5, 5.41) is 0.338. The number of oxazole rings is 1. The molecule has 1 aromatic carbocycles. The van der Waals surface area contributed by atoms with Gasteiger partial charge in [-0.05, 0) is 61.9 Å². The second-order valence-electron chi connectivity index (χ2n) is 9.61. The van der Waals surface area contributed by atoms with E-state index < -0.39 is 17.9 Å². The molecule has 0 bridgehead atoms. The SMILES string of the molecule is COc1ccc(-c2nc(C(=O)N3CCC(Cc4cncnc4)CC3)c([C@H](C)N)o2)c2ccc(C(F)(F)F)nc12. The Bertz CT molecular complexity index is 1480. The molecule has 2 N–H and O–H groups in total. The summed E-state index contributed by atoms with van der Waals surface area (Å²) in [7, 11) is 1.35. The fraction of sp³-hybridized carbons (Fsp3) is 0.370. The minimum Gasteiger partial charge on any atom is -0.494 e. The number of carbonyl (C=O) groups is 1. The molecule has 39 heavy (non-hydrogen) atoms. The lowest BCUT2D eigenvalue weighted by Crippen LogP contribution is -2.39. The van der Waals surface area contributed by atoms with Gasteiger partial charge in [-0.25, -0.2) is 19.9 Å². The molecule has 1 saturated heterocycles. The van der Waals surface area contributed by atoms with Crippen LogP contribution in [0.2, 0.25) is 0 Å². The third-order valence-electron chi connectivity index (χ3n) is 6.87. The third-order valence-corrected chi connectivity index (χ3v) is 6.87. The Kier molecular flexibility index (Phi) is 7.21. The highest BCUT2D eigenvalue weighted by molar-refractivity contribution is 5.98. The number of methoxy groups -OCH3 is 1. The number of likely N-dealkylation sites (tertiary alicyclic amines) is 1. The summed E-state index contributed by atoms with van der Waals surface area (Å²) < 4.78 is 51.2. The number of nitrogens with two attached hydrogens (primary N) is 1. The van der Waals surface area contributed by atoms with Gasteiger partial charge in [0.25, 0.3) is 5.91 Å². The number of pyridine rings is 1. The number of amides is 1. The van der Waals surface area contributed by atoms with Gasteiger partial charge in [0.15, 0.2) is 11.5 Å². The lowest BCUT2D eigenvalue weighted by Gasteiger charge is -2.31. The Balaban J connectivity index is 1.43. The number of nitrogens with zero attached hydrogens (tertiary/aromatic N) is 5. The van der Waals surface area contributed by atoms with Crippen molar-refractivity contribution in [3.05, 3.63) is 65.7 Å². The van der Waals surface area contributed by atoms with Gasteiger partial charge in [-0.15, -0.1) is 0 Å². The maximum absolute atomic E-state index is 13.5. The number of carbonyl (C=O) groups excluding carboxylic acids is 1. The van der Waals surface area contributed by atoms with Crippen molar-refractivity contribution in [2.45, 2.75) is 38.4 Å². The Hall–Kier alpha value is -4.06. The van der Waals surface area contributed by atoms with Crippen molar-refractivity contribution >= 4 is 16.8 Å². The van der Waals surface area contributed by atoms with Crippen LogP contribution in [0.4, 0.5) is 13.2 Å². The molecule has 1 atom stereocenters. The summed E-state index contributed by atoms with van der Waals surface area (Å²) in [5.74, 6) is 0.552. The Morgan fingerprint density at radius 1 is 1.15 bits per heavy atom. The minimum atomic E-state index is -4.62. The van der Waals surface area contributed by atoms with Crippen LogP contribution in [-0.2, 0) is 12.6 Å². The first kappa shape index (κ1) is 26.5. The molecule has 1 aliphatic heterocycles. The van der Waals surface area contributed by atoms with Gasteiger partial charge in [-0.3, -0.25) is 4.79 Å². The fourth-order valence-electron chi connectivity index (χ4n) is 4.87. The molecule has 9 nitrogen and oxygen atoms in total. The molecule has 0 saturated carbocycles. The van der Waals surface area contributed by atoms with Crippen LogP contribution < -0.4 is 10.5 Å². The van der Waals surface area contributed by atoms with E-state index in [2.05, 4.69) is 19.9 Å². The number of halogens is 3. The Morgan fingerprint density at radius 3 is 2.51 bits per heavy atom. The molecule has 1 fully saturated rings. The fourth-order valence-corrected chi connectivity index (χ4v) is 4.87. The van der Waals surface area contributed by atoms with E-state index >= 15 is 0 Å². The monoisotopic (exact) mass is 540 g/mol. The summed E-state index contributed by atoms with van der Waals surface area (Å²) in [6, 6.07) is 4.64. The average Bonchev–Trinajstić information content (AvgIpc) is 3.38. The van der Waals surface area contributed by atoms with Crippen molar-refractivity contribution in [2.24, 2.45) is 11.7 Å². The van der Waals surface area contributed by atoms with E-state index in [1.54, 1.807) is 30.3 Å². The van der Waals surface area contributed by atoms with E-state index in [4.69, 9.17) is 14.9 Å². The maximum atomic E-state index is 13.5. The minimum absolute atomic E-state index is 0.00383. The predicted molar refractivity (Wildman–Crippen MR) is 136 cm³/mol. The van der Waals surface area contributed by atoms with Crippen LogP contribution in [0.5, 0.6) is 5.75 Å². The van der Waals surface area contributed by atoms with Crippen molar-refractivity contribution < 1.29 is 27.1 Å². The van der Waals surface area contributed by atoms with Gasteiger partial charge >= 0.3 is 6.18 Å². The highest BCUT2D eigenvalue weighted by Gasteiger charge is 2.34. The van der Waals surface area contributed by atoms with Crippen LogP contribution in [0.3, 0.4) is 0 Å². The molecule has 5 rings (SSSR count). The molecule has 4 heterocycles. The smallest absolute Gasteiger partial charge is 0.433 e. The van der Waals surface area contributed by atoms with Gasteiger partial charge in [0.2, 0.25) is 5.89 Å². The van der Waals surface area contributed by atoms with E-state index in [1.165, 1.54) is 25.6 Å².